The maximum Gasteiger partial charge on any atom is 0.266 e. The lowest BCUT2D eigenvalue weighted by Gasteiger charge is -2.24. The summed E-state index contributed by atoms with van der Waals surface area (Å²) < 4.78 is 0. The Bertz CT molecular complexity index is 304. The van der Waals surface area contributed by atoms with Crippen molar-refractivity contribution in [2.24, 2.45) is 5.92 Å². The molecule has 12 heavy (non-hydrogen) atoms. The second kappa shape index (κ2) is 2.48. The van der Waals surface area contributed by atoms with E-state index < -0.39 is 5.92 Å². The summed E-state index contributed by atoms with van der Waals surface area (Å²) in [4.78, 5) is 22.2. The van der Waals surface area contributed by atoms with Gasteiger partial charge in [0.1, 0.15) is 0 Å². The lowest BCUT2D eigenvalue weighted by molar-refractivity contribution is -0.132. The lowest BCUT2D eigenvalue weighted by Crippen LogP contribution is -2.52. The van der Waals surface area contributed by atoms with E-state index in [0.717, 1.165) is 0 Å². The molecule has 2 aliphatic rings. The number of carbonyl (C=O) groups excluding carboxylic acids is 2. The van der Waals surface area contributed by atoms with E-state index in [1.807, 2.05) is 0 Å². The molecular formula is C8H6N2O2. The van der Waals surface area contributed by atoms with E-state index in [1.54, 1.807) is 18.2 Å². The summed E-state index contributed by atoms with van der Waals surface area (Å²) in [5.41, 5.74) is 4.95. The molecule has 0 aromatic heterocycles. The predicted octanol–water partition coefficient (Wildman–Crippen LogP) is -0.659. The summed E-state index contributed by atoms with van der Waals surface area (Å²) in [6.45, 7) is 0. The molecule has 4 nitrogen and oxygen atoms in total. The molecule has 1 heterocycles. The third-order valence-electron chi connectivity index (χ3n) is 1.77. The van der Waals surface area contributed by atoms with Crippen molar-refractivity contribution < 1.29 is 9.59 Å². The maximum atomic E-state index is 11.1. The summed E-state index contributed by atoms with van der Waals surface area (Å²) >= 11 is 0. The summed E-state index contributed by atoms with van der Waals surface area (Å²) in [7, 11) is 0. The Balaban J connectivity index is 2.35. The third-order valence-corrected chi connectivity index (χ3v) is 1.77. The summed E-state index contributed by atoms with van der Waals surface area (Å²) in [6, 6.07) is 0. The molecule has 0 spiro atoms. The van der Waals surface area contributed by atoms with Crippen LogP contribution >= 0.6 is 0 Å². The minimum atomic E-state index is -0.538. The number of rotatable bonds is 0. The molecule has 1 fully saturated rings. The Labute approximate surface area is 69.3 Å². The van der Waals surface area contributed by atoms with Crippen LogP contribution in [0.4, 0.5) is 0 Å². The van der Waals surface area contributed by atoms with Gasteiger partial charge in [-0.15, -0.1) is 0 Å². The van der Waals surface area contributed by atoms with Crippen LogP contribution in [0.1, 0.15) is 0 Å². The third kappa shape index (κ3) is 0.922. The molecule has 1 atom stereocenters. The number of allylic oxidation sites excluding steroid dienone is 3. The molecule has 1 aliphatic heterocycles. The van der Waals surface area contributed by atoms with Gasteiger partial charge in [0.25, 0.3) is 5.91 Å². The fourth-order valence-electron chi connectivity index (χ4n) is 1.18. The molecule has 4 heteroatoms. The van der Waals surface area contributed by atoms with Crippen LogP contribution in [0.25, 0.3) is 0 Å². The predicted molar refractivity (Wildman–Crippen MR) is 40.2 cm³/mol. The van der Waals surface area contributed by atoms with Gasteiger partial charge in [-0.3, -0.25) is 20.4 Å². The maximum absolute atomic E-state index is 11.1. The molecule has 1 unspecified atom stereocenters. The van der Waals surface area contributed by atoms with Crippen LogP contribution < -0.4 is 10.9 Å². The second-order valence-corrected chi connectivity index (χ2v) is 2.52. The van der Waals surface area contributed by atoms with Crippen LogP contribution in [0.15, 0.2) is 23.8 Å². The van der Waals surface area contributed by atoms with Crippen molar-refractivity contribution in [2.45, 2.75) is 0 Å². The second-order valence-electron chi connectivity index (χ2n) is 2.52. The first-order chi connectivity index (χ1) is 5.79. The normalized spacial score (nSPS) is 27.0. The van der Waals surface area contributed by atoms with Crippen molar-refractivity contribution >= 4 is 11.8 Å². The largest absolute Gasteiger partial charge is 0.273 e. The van der Waals surface area contributed by atoms with E-state index in [-0.39, 0.29) is 11.8 Å². The molecule has 0 aromatic carbocycles. The van der Waals surface area contributed by atoms with Crippen LogP contribution in [-0.4, -0.2) is 11.8 Å². The molecule has 1 aliphatic carbocycles. The Morgan fingerprint density at radius 2 is 2.17 bits per heavy atom. The van der Waals surface area contributed by atoms with Gasteiger partial charge in [0.05, 0.1) is 5.92 Å². The number of hydrazine groups is 1. The van der Waals surface area contributed by atoms with Crippen LogP contribution in [0, 0.1) is 12.3 Å². The number of fused-ring (bicyclic) bond motifs is 1. The van der Waals surface area contributed by atoms with E-state index in [1.165, 1.54) is 0 Å². The number of hydrogen-bond donors (Lipinski definition) is 2. The topological polar surface area (TPSA) is 58.2 Å². The van der Waals surface area contributed by atoms with E-state index in [9.17, 15) is 9.59 Å². The Kier molecular flexibility index (Phi) is 1.46. The van der Waals surface area contributed by atoms with Gasteiger partial charge in [0.2, 0.25) is 5.91 Å². The quantitative estimate of drug-likeness (QED) is 0.497. The SMILES string of the molecule is O=C1NNC(=O)C2[C]C=CC=C12. The van der Waals surface area contributed by atoms with Gasteiger partial charge in [-0.1, -0.05) is 18.2 Å². The average Bonchev–Trinajstić information content (AvgIpc) is 2.12. The van der Waals surface area contributed by atoms with E-state index >= 15 is 0 Å². The van der Waals surface area contributed by atoms with Crippen LogP contribution in [-0.2, 0) is 9.59 Å². The highest BCUT2D eigenvalue weighted by atomic mass is 16.2. The van der Waals surface area contributed by atoms with Gasteiger partial charge in [0, 0.05) is 12.0 Å². The van der Waals surface area contributed by atoms with Gasteiger partial charge in [-0.05, 0) is 0 Å². The summed E-state index contributed by atoms with van der Waals surface area (Å²) in [5.74, 6) is -1.05. The molecule has 0 aromatic rings. The van der Waals surface area contributed by atoms with Crippen LogP contribution in [0.2, 0.25) is 0 Å². The highest BCUT2D eigenvalue weighted by Crippen LogP contribution is 2.21. The minimum Gasteiger partial charge on any atom is -0.273 e. The zero-order valence-corrected chi connectivity index (χ0v) is 6.13. The zero-order chi connectivity index (χ0) is 8.55. The Morgan fingerprint density at radius 3 is 2.92 bits per heavy atom. The number of nitrogens with one attached hydrogen (secondary N) is 2. The van der Waals surface area contributed by atoms with Crippen LogP contribution in [0.5, 0.6) is 0 Å². The fraction of sp³-hybridized carbons (Fsp3) is 0.125. The van der Waals surface area contributed by atoms with Gasteiger partial charge in [-0.2, -0.15) is 0 Å². The molecule has 2 N–H and O–H groups in total. The van der Waals surface area contributed by atoms with Crippen molar-refractivity contribution in [3.05, 3.63) is 30.2 Å². The molecule has 0 bridgehead atoms. The lowest BCUT2D eigenvalue weighted by atomic mass is 9.89. The molecule has 60 valence electrons. The van der Waals surface area contributed by atoms with Gasteiger partial charge in [-0.25, -0.2) is 0 Å². The van der Waals surface area contributed by atoms with Gasteiger partial charge >= 0.3 is 0 Å². The highest BCUT2D eigenvalue weighted by Gasteiger charge is 2.32. The first kappa shape index (κ1) is 7.09. The molecule has 2 rings (SSSR count). The number of carbonyl (C=O) groups is 2. The first-order valence-electron chi connectivity index (χ1n) is 3.52. The Morgan fingerprint density at radius 1 is 1.33 bits per heavy atom. The van der Waals surface area contributed by atoms with Crippen molar-refractivity contribution in [3.63, 3.8) is 0 Å². The van der Waals surface area contributed by atoms with E-state index in [2.05, 4.69) is 17.3 Å². The summed E-state index contributed by atoms with van der Waals surface area (Å²) in [5, 5.41) is 0. The van der Waals surface area contributed by atoms with E-state index in [4.69, 9.17) is 0 Å². The van der Waals surface area contributed by atoms with Crippen molar-refractivity contribution in [2.75, 3.05) is 0 Å². The van der Waals surface area contributed by atoms with Crippen molar-refractivity contribution in [3.8, 4) is 0 Å². The molecule has 2 radical (unpaired) electrons. The first-order valence-corrected chi connectivity index (χ1v) is 3.52. The standard InChI is InChI=1S/C8H6N2O2/c11-7-5-3-1-2-4-6(5)8(12)10-9-7/h1-3,6H,(H,9,11)(H,10,12). The fourth-order valence-corrected chi connectivity index (χ4v) is 1.18. The zero-order valence-electron chi connectivity index (χ0n) is 6.13. The minimum absolute atomic E-state index is 0.245. The molecular weight excluding hydrogens is 156 g/mol. The van der Waals surface area contributed by atoms with Gasteiger partial charge < -0.3 is 0 Å². The smallest absolute Gasteiger partial charge is 0.266 e. The molecule has 0 saturated carbocycles. The average molecular weight is 162 g/mol. The van der Waals surface area contributed by atoms with E-state index in [0.29, 0.717) is 5.57 Å². The highest BCUT2D eigenvalue weighted by molar-refractivity contribution is 6.05. The van der Waals surface area contributed by atoms with Crippen LogP contribution in [0.3, 0.4) is 0 Å². The number of hydrogen-bond acceptors (Lipinski definition) is 2. The van der Waals surface area contributed by atoms with Gasteiger partial charge in [0.15, 0.2) is 0 Å². The van der Waals surface area contributed by atoms with Crippen molar-refractivity contribution in [1.82, 2.24) is 10.9 Å². The summed E-state index contributed by atoms with van der Waals surface area (Å²) in [6.07, 6.45) is 7.72. The number of amides is 2. The Hall–Kier alpha value is -1.58. The molecule has 1 saturated heterocycles. The molecule has 2 amide bonds. The monoisotopic (exact) mass is 162 g/mol. The van der Waals surface area contributed by atoms with Crippen molar-refractivity contribution in [1.29, 1.82) is 0 Å².